The van der Waals surface area contributed by atoms with E-state index in [9.17, 15) is 9.59 Å². The number of carbonyl (C=O) groups is 1. The van der Waals surface area contributed by atoms with Crippen molar-refractivity contribution in [3.8, 4) is 5.69 Å². The first-order valence-electron chi connectivity index (χ1n) is 10.4. The minimum Gasteiger partial charge on any atom is -0.308 e. The average molecular weight is 486 g/mol. The molecule has 0 atom stereocenters. The molecule has 0 unspecified atom stereocenters. The zero-order valence-corrected chi connectivity index (χ0v) is 19.3. The molecule has 0 fully saturated rings. The number of anilines is 1. The summed E-state index contributed by atoms with van der Waals surface area (Å²) in [5.41, 5.74) is 4.38. The lowest BCUT2D eigenvalue weighted by Gasteiger charge is -2.14. The fourth-order valence-electron chi connectivity index (χ4n) is 4.18. The van der Waals surface area contributed by atoms with E-state index in [4.69, 9.17) is 4.98 Å². The van der Waals surface area contributed by atoms with Gasteiger partial charge in [-0.25, -0.2) is 4.98 Å². The molecule has 0 aliphatic carbocycles. The Balaban J connectivity index is 1.83. The molecule has 32 heavy (non-hydrogen) atoms. The summed E-state index contributed by atoms with van der Waals surface area (Å²) >= 11 is 3.52. The molecular weight excluding hydrogens is 466 g/mol. The van der Waals surface area contributed by atoms with Crippen LogP contribution < -0.4 is 10.5 Å². The Morgan fingerprint density at radius 2 is 1.81 bits per heavy atom. The summed E-state index contributed by atoms with van der Waals surface area (Å²) in [5.74, 6) is 0.324. The molecular formula is C26H20BrN3O2. The monoisotopic (exact) mass is 485 g/mol. The number of rotatable bonds is 3. The molecule has 1 aromatic heterocycles. The highest BCUT2D eigenvalue weighted by molar-refractivity contribution is 9.10. The summed E-state index contributed by atoms with van der Waals surface area (Å²) in [5, 5.41) is 0.534. The van der Waals surface area contributed by atoms with Crippen molar-refractivity contribution in [2.45, 2.75) is 13.8 Å². The SMILES string of the molecule is CCN1C(=O)C(=Cc2nc3ccccc3c(=O)n2-c2cccc(C)c2)c2cc(Br)ccc21. The van der Waals surface area contributed by atoms with Gasteiger partial charge in [0.25, 0.3) is 11.5 Å². The number of para-hydroxylation sites is 1. The lowest BCUT2D eigenvalue weighted by molar-refractivity contribution is -0.112. The third-order valence-corrected chi connectivity index (χ3v) is 6.16. The van der Waals surface area contributed by atoms with E-state index in [0.29, 0.717) is 34.5 Å². The maximum atomic E-state index is 13.5. The molecule has 0 N–H and O–H groups in total. The molecule has 5 nitrogen and oxygen atoms in total. The van der Waals surface area contributed by atoms with Gasteiger partial charge in [-0.05, 0) is 68.0 Å². The number of halogens is 1. The predicted octanol–water partition coefficient (Wildman–Crippen LogP) is 5.36. The van der Waals surface area contributed by atoms with Gasteiger partial charge in [0.1, 0.15) is 5.82 Å². The molecule has 0 saturated heterocycles. The average Bonchev–Trinajstić information content (AvgIpc) is 3.04. The first-order valence-corrected chi connectivity index (χ1v) is 11.2. The van der Waals surface area contributed by atoms with Crippen LogP contribution in [0.2, 0.25) is 0 Å². The predicted molar refractivity (Wildman–Crippen MR) is 132 cm³/mol. The van der Waals surface area contributed by atoms with Crippen LogP contribution in [0.4, 0.5) is 5.69 Å². The number of aromatic nitrogens is 2. The molecule has 0 bridgehead atoms. The normalized spacial score (nSPS) is 14.4. The lowest BCUT2D eigenvalue weighted by atomic mass is 10.1. The van der Waals surface area contributed by atoms with Gasteiger partial charge in [0.15, 0.2) is 0 Å². The van der Waals surface area contributed by atoms with E-state index < -0.39 is 0 Å². The minimum absolute atomic E-state index is 0.0983. The van der Waals surface area contributed by atoms with Crippen molar-refractivity contribution in [2.24, 2.45) is 0 Å². The molecule has 4 aromatic rings. The van der Waals surface area contributed by atoms with Crippen molar-refractivity contribution in [1.82, 2.24) is 9.55 Å². The van der Waals surface area contributed by atoms with Crippen molar-refractivity contribution in [3.63, 3.8) is 0 Å². The van der Waals surface area contributed by atoms with Crippen LogP contribution in [0.5, 0.6) is 0 Å². The number of benzene rings is 3. The molecule has 0 radical (unpaired) electrons. The lowest BCUT2D eigenvalue weighted by Crippen LogP contribution is -2.26. The van der Waals surface area contributed by atoms with Gasteiger partial charge in [-0.3, -0.25) is 14.2 Å². The highest BCUT2D eigenvalue weighted by atomic mass is 79.9. The number of likely N-dealkylation sites (N-methyl/N-ethyl adjacent to an activating group) is 1. The molecule has 0 saturated carbocycles. The Labute approximate surface area is 193 Å². The van der Waals surface area contributed by atoms with Gasteiger partial charge in [-0.2, -0.15) is 0 Å². The van der Waals surface area contributed by atoms with Gasteiger partial charge in [0.2, 0.25) is 0 Å². The number of amides is 1. The fraction of sp³-hybridized carbons (Fsp3) is 0.115. The third kappa shape index (κ3) is 3.28. The molecule has 1 amide bonds. The molecule has 1 aliphatic rings. The molecule has 158 valence electrons. The second-order valence-electron chi connectivity index (χ2n) is 7.74. The topological polar surface area (TPSA) is 55.2 Å². The van der Waals surface area contributed by atoms with Crippen LogP contribution in [0, 0.1) is 6.92 Å². The van der Waals surface area contributed by atoms with Crippen LogP contribution in [-0.4, -0.2) is 22.0 Å². The van der Waals surface area contributed by atoms with E-state index in [1.165, 1.54) is 0 Å². The van der Waals surface area contributed by atoms with E-state index in [0.717, 1.165) is 21.3 Å². The summed E-state index contributed by atoms with van der Waals surface area (Å²) in [6.07, 6.45) is 1.74. The number of fused-ring (bicyclic) bond motifs is 2. The number of nitrogens with zero attached hydrogens (tertiary/aromatic N) is 3. The second-order valence-corrected chi connectivity index (χ2v) is 8.65. The van der Waals surface area contributed by atoms with Gasteiger partial charge in [0.05, 0.1) is 27.9 Å². The quantitative estimate of drug-likeness (QED) is 0.366. The van der Waals surface area contributed by atoms with Gasteiger partial charge in [-0.1, -0.05) is 40.2 Å². The van der Waals surface area contributed by atoms with Gasteiger partial charge in [0, 0.05) is 16.6 Å². The fourth-order valence-corrected chi connectivity index (χ4v) is 4.54. The van der Waals surface area contributed by atoms with E-state index in [1.807, 2.05) is 74.5 Å². The minimum atomic E-state index is -0.166. The summed E-state index contributed by atoms with van der Waals surface area (Å²) in [7, 11) is 0. The Bertz CT molecular complexity index is 1490. The van der Waals surface area contributed by atoms with Crippen LogP contribution in [0.25, 0.3) is 28.2 Å². The number of hydrogen-bond donors (Lipinski definition) is 0. The maximum absolute atomic E-state index is 13.5. The van der Waals surface area contributed by atoms with Crippen LogP contribution in [0.3, 0.4) is 0 Å². The van der Waals surface area contributed by atoms with Crippen LogP contribution >= 0.6 is 15.9 Å². The zero-order chi connectivity index (χ0) is 22.4. The molecule has 2 heterocycles. The Kier molecular flexibility index (Phi) is 5.02. The molecule has 6 heteroatoms. The first kappa shape index (κ1) is 20.4. The van der Waals surface area contributed by atoms with Crippen molar-refractivity contribution < 1.29 is 4.79 Å². The Morgan fingerprint density at radius 3 is 2.59 bits per heavy atom. The van der Waals surface area contributed by atoms with Crippen molar-refractivity contribution in [2.75, 3.05) is 11.4 Å². The molecule has 3 aromatic carbocycles. The van der Waals surface area contributed by atoms with Crippen molar-refractivity contribution in [3.05, 3.63) is 98.5 Å². The zero-order valence-electron chi connectivity index (χ0n) is 17.7. The molecule has 1 aliphatic heterocycles. The Hall–Kier alpha value is -3.51. The van der Waals surface area contributed by atoms with Crippen LogP contribution in [0.1, 0.15) is 23.9 Å². The number of carbonyl (C=O) groups excluding carboxylic acids is 1. The summed E-state index contributed by atoms with van der Waals surface area (Å²) in [6, 6.07) is 20.8. The standard InChI is InChI=1S/C26H20BrN3O2/c1-3-29-23-12-11-17(27)14-20(23)21(25(29)31)15-24-28-22-10-5-4-9-19(22)26(32)30(24)18-8-6-7-16(2)13-18/h4-15H,3H2,1-2H3. The van der Waals surface area contributed by atoms with E-state index in [-0.39, 0.29) is 11.5 Å². The third-order valence-electron chi connectivity index (χ3n) is 5.67. The molecule has 5 rings (SSSR count). The molecule has 0 spiro atoms. The van der Waals surface area contributed by atoms with Crippen molar-refractivity contribution >= 4 is 50.1 Å². The smallest absolute Gasteiger partial charge is 0.266 e. The second kappa shape index (κ2) is 7.88. The van der Waals surface area contributed by atoms with E-state index >= 15 is 0 Å². The number of hydrogen-bond acceptors (Lipinski definition) is 3. The van der Waals surface area contributed by atoms with E-state index in [1.54, 1.807) is 21.6 Å². The van der Waals surface area contributed by atoms with E-state index in [2.05, 4.69) is 15.9 Å². The van der Waals surface area contributed by atoms with Crippen LogP contribution in [0.15, 0.2) is 76.0 Å². The highest BCUT2D eigenvalue weighted by Gasteiger charge is 2.32. The van der Waals surface area contributed by atoms with Gasteiger partial charge >= 0.3 is 0 Å². The van der Waals surface area contributed by atoms with Crippen molar-refractivity contribution in [1.29, 1.82) is 0 Å². The Morgan fingerprint density at radius 1 is 1.00 bits per heavy atom. The van der Waals surface area contributed by atoms with Gasteiger partial charge < -0.3 is 4.90 Å². The largest absolute Gasteiger partial charge is 0.308 e. The van der Waals surface area contributed by atoms with Crippen LogP contribution in [-0.2, 0) is 4.79 Å². The summed E-state index contributed by atoms with van der Waals surface area (Å²) in [4.78, 5) is 33.3. The highest BCUT2D eigenvalue weighted by Crippen LogP contribution is 2.39. The van der Waals surface area contributed by atoms with Gasteiger partial charge in [-0.15, -0.1) is 0 Å². The first-order chi connectivity index (χ1) is 15.5. The summed E-state index contributed by atoms with van der Waals surface area (Å²) in [6.45, 7) is 4.48. The maximum Gasteiger partial charge on any atom is 0.266 e. The number of aryl methyl sites for hydroxylation is 1. The summed E-state index contributed by atoms with van der Waals surface area (Å²) < 4.78 is 2.47.